The van der Waals surface area contributed by atoms with Gasteiger partial charge in [0.1, 0.15) is 35.8 Å². The number of rotatable bonds is 15. The van der Waals surface area contributed by atoms with Crippen LogP contribution in [0.25, 0.3) is 0 Å². The van der Waals surface area contributed by atoms with Gasteiger partial charge in [-0.3, -0.25) is 8.37 Å². The van der Waals surface area contributed by atoms with Crippen LogP contribution in [-0.4, -0.2) is 131 Å². The van der Waals surface area contributed by atoms with Crippen LogP contribution in [0.2, 0.25) is 0 Å². The van der Waals surface area contributed by atoms with E-state index >= 15 is 0 Å². The van der Waals surface area contributed by atoms with Crippen molar-refractivity contribution in [2.45, 2.75) is 55.0 Å². The van der Waals surface area contributed by atoms with Crippen molar-refractivity contribution in [3.8, 4) is 0 Å². The third-order valence-corrected chi connectivity index (χ3v) is 7.48. The van der Waals surface area contributed by atoms with Gasteiger partial charge >= 0.3 is 0 Å². The molecular weight excluding hydrogens is 636 g/mol. The van der Waals surface area contributed by atoms with Gasteiger partial charge in [0.2, 0.25) is 20.8 Å². The summed E-state index contributed by atoms with van der Waals surface area (Å²) in [6.07, 6.45) is -14.7. The Bertz CT molecular complexity index is 1160. The Morgan fingerprint density at radius 3 is 1.95 bits per heavy atom. The number of aliphatic carboxylic acids is 1. The number of carboxylic acids is 1. The molecule has 24 heteroatoms. The van der Waals surface area contributed by atoms with Gasteiger partial charge in [-0.15, -0.1) is 4.33 Å². The predicted molar refractivity (Wildman–Crippen MR) is 114 cm³/mol. The van der Waals surface area contributed by atoms with Gasteiger partial charge in [0.05, 0.1) is 24.4 Å². The van der Waals surface area contributed by atoms with Crippen LogP contribution in [0.1, 0.15) is 0 Å². The van der Waals surface area contributed by atoms with E-state index in [2.05, 4.69) is 12.7 Å². The summed E-state index contributed by atoms with van der Waals surface area (Å²) in [5.41, 5.74) is 0. The maximum Gasteiger partial charge on any atom is 0.218 e. The lowest BCUT2D eigenvalue weighted by atomic mass is 9.99. The fourth-order valence-corrected chi connectivity index (χ4v) is 6.09. The van der Waals surface area contributed by atoms with Gasteiger partial charge in [-0.05, 0) is 0 Å². The second-order valence-electron chi connectivity index (χ2n) is 8.54. The first-order chi connectivity index (χ1) is 19.0. The maximum atomic E-state index is 11.9. The molecular formula is C17H24O21S3-4. The van der Waals surface area contributed by atoms with Crippen LogP contribution in [0.4, 0.5) is 0 Å². The zero-order valence-electron chi connectivity index (χ0n) is 21.3. The number of carbonyl (C=O) groups is 1. The van der Waals surface area contributed by atoms with Crippen LogP contribution in [0.5, 0.6) is 0 Å². The molecule has 0 N–H and O–H groups in total. The summed E-state index contributed by atoms with van der Waals surface area (Å²) in [5.74, 6) is -7.25. The Morgan fingerprint density at radius 2 is 1.49 bits per heavy atom. The minimum atomic E-state index is -5.65. The molecule has 41 heavy (non-hydrogen) atoms. The molecule has 0 radical (unpaired) electrons. The van der Waals surface area contributed by atoms with E-state index in [-0.39, 0.29) is 6.61 Å². The van der Waals surface area contributed by atoms with Crippen molar-refractivity contribution in [2.75, 3.05) is 35.0 Å². The van der Waals surface area contributed by atoms with Crippen molar-refractivity contribution in [1.29, 1.82) is 0 Å². The monoisotopic (exact) mass is 660 g/mol. The molecule has 2 heterocycles. The van der Waals surface area contributed by atoms with E-state index in [4.69, 9.17) is 38.0 Å². The number of fused-ring (bicyclic) bond motifs is 1. The highest BCUT2D eigenvalue weighted by Gasteiger charge is 2.79. The fraction of sp³-hybridized carbons (Fsp3) is 0.941. The third kappa shape index (κ3) is 7.73. The van der Waals surface area contributed by atoms with E-state index < -0.39 is 105 Å². The van der Waals surface area contributed by atoms with Gasteiger partial charge in [0.15, 0.2) is 30.6 Å². The molecule has 0 aromatic heterocycles. The summed E-state index contributed by atoms with van der Waals surface area (Å²) in [7, 11) is -6.94. The molecule has 0 amide bonds. The average Bonchev–Trinajstić information content (AvgIpc) is 3.51. The number of hydrogen-bond donors (Lipinski definition) is 0. The molecule has 0 aromatic rings. The Labute approximate surface area is 235 Å². The zero-order chi connectivity index (χ0) is 30.9. The molecule has 1 saturated carbocycles. The second-order valence-corrected chi connectivity index (χ2v) is 11.1. The van der Waals surface area contributed by atoms with E-state index in [1.165, 1.54) is 7.11 Å². The smallest absolute Gasteiger partial charge is 0.218 e. The first-order valence-electron chi connectivity index (χ1n) is 11.0. The Balaban J connectivity index is 2.09. The largest absolute Gasteiger partial charge is 0.748 e. The fourth-order valence-electron chi connectivity index (χ4n) is 4.98. The number of carboxylic acid groups (broad SMARTS) is 1. The summed E-state index contributed by atoms with van der Waals surface area (Å²) < 4.78 is 141. The first kappa shape index (κ1) is 34.5. The highest BCUT2D eigenvalue weighted by Crippen LogP contribution is 2.63. The molecule has 0 aromatic carbocycles. The first-order valence-corrected chi connectivity index (χ1v) is 14.7. The molecule has 2 saturated heterocycles. The van der Waals surface area contributed by atoms with Crippen LogP contribution in [0, 0.1) is 11.8 Å². The Kier molecular flexibility index (Phi) is 11.2. The quantitative estimate of drug-likeness (QED) is 0.0396. The van der Waals surface area contributed by atoms with Crippen LogP contribution >= 0.6 is 0 Å². The van der Waals surface area contributed by atoms with E-state index in [0.29, 0.717) is 0 Å². The molecule has 240 valence electrons. The molecule has 3 rings (SSSR count). The zero-order valence-corrected chi connectivity index (χ0v) is 23.7. The predicted octanol–water partition coefficient (Wildman–Crippen LogP) is -5.10. The SMILES string of the molecule is COCC1O[C@@H](OC2(OC)[C@@H]3C(C(=O)[O-])O[C@@H](OC)C(OS(=O)(=O)[O-])[C@H]32)C(OS(=O)(=O)[O-])[C@@H](OOS(=O)[O-])[C@@H]1OC. The minimum Gasteiger partial charge on any atom is -0.748 e. The third-order valence-electron chi connectivity index (χ3n) is 6.38. The van der Waals surface area contributed by atoms with Gasteiger partial charge in [0, 0.05) is 28.4 Å². The van der Waals surface area contributed by atoms with Crippen LogP contribution in [0.15, 0.2) is 0 Å². The summed E-state index contributed by atoms with van der Waals surface area (Å²) in [6.45, 7) is -0.362. The molecule has 3 fully saturated rings. The van der Waals surface area contributed by atoms with Crippen molar-refractivity contribution in [3.05, 3.63) is 0 Å². The van der Waals surface area contributed by atoms with E-state index in [9.17, 15) is 44.6 Å². The normalized spacial score (nSPS) is 40.1. The van der Waals surface area contributed by atoms with Crippen molar-refractivity contribution < 1.29 is 95.3 Å². The van der Waals surface area contributed by atoms with Gasteiger partial charge < -0.3 is 56.7 Å². The van der Waals surface area contributed by atoms with Crippen LogP contribution in [-0.2, 0) is 87.7 Å². The lowest BCUT2D eigenvalue weighted by Crippen LogP contribution is -2.63. The summed E-state index contributed by atoms with van der Waals surface area (Å²) in [4.78, 5) is 16.6. The molecule has 3 aliphatic rings. The summed E-state index contributed by atoms with van der Waals surface area (Å²) >= 11 is -3.35. The van der Waals surface area contributed by atoms with Crippen molar-refractivity contribution in [3.63, 3.8) is 0 Å². The standard InChI is InChI=1S/C17H28O21S3/c1-28-5-6-9(29-2)12(35-38-39(20)21)13(37-41(25,26)27)16(32-6)34-17(31-4)7-8(17)11(36-40(22,23)24)15(30-3)33-10(7)14(18)19/h6-13,15-16H,5H2,1-4H3,(H,18,19)(H,20,21)(H,22,23,24)(H,25,26,27)/p-4/t6?,7-,8-,9+,10?,11?,12-,13?,15+,16-,17?/m0/s1. The topological polar surface area (TPSA) is 296 Å². The number of methoxy groups -OCH3 is 4. The van der Waals surface area contributed by atoms with E-state index in [1.54, 1.807) is 0 Å². The number of hydrogen-bond acceptors (Lipinski definition) is 21. The van der Waals surface area contributed by atoms with Crippen LogP contribution in [0.3, 0.4) is 0 Å². The molecule has 21 nitrogen and oxygen atoms in total. The Morgan fingerprint density at radius 1 is 0.878 bits per heavy atom. The summed E-state index contributed by atoms with van der Waals surface area (Å²) in [6, 6.07) is 0. The lowest BCUT2D eigenvalue weighted by molar-refractivity contribution is -0.383. The van der Waals surface area contributed by atoms with Gasteiger partial charge in [-0.1, -0.05) is 0 Å². The Hall–Kier alpha value is -1.04. The highest BCUT2D eigenvalue weighted by atomic mass is 32.3. The van der Waals surface area contributed by atoms with E-state index in [1.807, 2.05) is 0 Å². The van der Waals surface area contributed by atoms with Gasteiger partial charge in [-0.25, -0.2) is 25.9 Å². The average molecular weight is 661 g/mol. The number of ether oxygens (including phenoxy) is 7. The van der Waals surface area contributed by atoms with Crippen molar-refractivity contribution in [1.82, 2.24) is 0 Å². The van der Waals surface area contributed by atoms with Crippen LogP contribution < -0.4 is 5.11 Å². The van der Waals surface area contributed by atoms with Gasteiger partial charge in [0.25, 0.3) is 0 Å². The minimum absolute atomic E-state index is 0.362. The van der Waals surface area contributed by atoms with Crippen molar-refractivity contribution >= 4 is 38.1 Å². The molecule has 2 aliphatic heterocycles. The molecule has 0 spiro atoms. The number of carbonyl (C=O) groups excluding carboxylic acids is 1. The molecule has 6 unspecified atom stereocenters. The molecule has 1 aliphatic carbocycles. The lowest BCUT2D eigenvalue weighted by Gasteiger charge is -2.45. The highest BCUT2D eigenvalue weighted by molar-refractivity contribution is 7.81. The summed E-state index contributed by atoms with van der Waals surface area (Å²) in [5, 5.41) is 11.9. The molecule has 0 bridgehead atoms. The second kappa shape index (κ2) is 13.3. The van der Waals surface area contributed by atoms with Gasteiger partial charge in [-0.2, -0.15) is 0 Å². The maximum absolute atomic E-state index is 11.9. The molecule has 12 atom stereocenters. The van der Waals surface area contributed by atoms with Crippen molar-refractivity contribution in [2.24, 2.45) is 11.8 Å². The van der Waals surface area contributed by atoms with E-state index in [0.717, 1.165) is 21.3 Å².